The number of likely N-dealkylation sites (N-methyl/N-ethyl adjacent to an activating group) is 1. The number of hydrogen-bond acceptors (Lipinski definition) is 5. The van der Waals surface area contributed by atoms with Crippen molar-refractivity contribution in [2.75, 3.05) is 40.9 Å². The van der Waals surface area contributed by atoms with Crippen LogP contribution < -0.4 is 5.32 Å². The molecule has 3 unspecified atom stereocenters. The Morgan fingerprint density at radius 1 is 0.473 bits per heavy atom. The fourth-order valence-corrected chi connectivity index (χ4v) is 9.85. The zero-order chi connectivity index (χ0) is 54.2. The van der Waals surface area contributed by atoms with Gasteiger partial charge in [0.25, 0.3) is 0 Å². The van der Waals surface area contributed by atoms with Gasteiger partial charge in [0.1, 0.15) is 13.2 Å². The van der Waals surface area contributed by atoms with Crippen molar-refractivity contribution in [1.29, 1.82) is 0 Å². The van der Waals surface area contributed by atoms with Crippen LogP contribution in [0.4, 0.5) is 0 Å². The standard InChI is InChI=1S/C65H121N2O6P/c1-6-8-10-12-14-16-18-20-22-24-26-28-29-30-31-32-33-34-35-36-37-39-41-43-45-47-49-51-53-55-57-59-65(69)66-63(62-73-74(70,71)72-61-60-67(3,4)5)64(68)58-56-54-52-50-48-46-44-42-40-38-27-25-23-21-19-17-15-13-11-9-7-2/h8,10,14,16,20,22,26,28,30-31,33-34,63-64,68H,6-7,9,11-13,15,17-19,21,23-25,27,29,32,35-62H2,1-5H3,(H-,66,69,70,71)/p+1/b10-8-,16-14-,22-20-,28-26-,31-30-,34-33-. The highest BCUT2D eigenvalue weighted by atomic mass is 31.2. The number of hydrogen-bond donors (Lipinski definition) is 3. The summed E-state index contributed by atoms with van der Waals surface area (Å²) < 4.78 is 23.8. The van der Waals surface area contributed by atoms with Crippen LogP contribution in [0.2, 0.25) is 0 Å². The monoisotopic (exact) mass is 1060 g/mol. The van der Waals surface area contributed by atoms with Crippen LogP contribution in [0.1, 0.15) is 284 Å². The van der Waals surface area contributed by atoms with Gasteiger partial charge in [-0.15, -0.1) is 0 Å². The van der Waals surface area contributed by atoms with Gasteiger partial charge in [-0.1, -0.05) is 286 Å². The van der Waals surface area contributed by atoms with Crippen molar-refractivity contribution >= 4 is 13.7 Å². The lowest BCUT2D eigenvalue weighted by Gasteiger charge is -2.26. The van der Waals surface area contributed by atoms with E-state index in [1.165, 1.54) is 180 Å². The number of phosphoric acid groups is 1. The maximum atomic E-state index is 13.0. The third kappa shape index (κ3) is 57.6. The SMILES string of the molecule is CC/C=C\C/C=C\C/C=C\C/C=C\C/C=C\C/C=C\CCCCCCCCCCCCCCC(=O)NC(COP(=O)(O)OCC[N+](C)(C)C)C(O)CCCCCCCCCCCCCCCCCCCCCCC. The van der Waals surface area contributed by atoms with E-state index < -0.39 is 20.0 Å². The molecule has 432 valence electrons. The van der Waals surface area contributed by atoms with Gasteiger partial charge < -0.3 is 19.8 Å². The molecule has 0 spiro atoms. The fraction of sp³-hybridized carbons (Fsp3) is 0.800. The minimum Gasteiger partial charge on any atom is -0.391 e. The van der Waals surface area contributed by atoms with E-state index >= 15 is 0 Å². The topological polar surface area (TPSA) is 105 Å². The Morgan fingerprint density at radius 2 is 0.811 bits per heavy atom. The first-order valence-electron chi connectivity index (χ1n) is 31.3. The first-order valence-corrected chi connectivity index (χ1v) is 32.8. The van der Waals surface area contributed by atoms with Gasteiger partial charge in [0, 0.05) is 6.42 Å². The Hall–Kier alpha value is -2.06. The van der Waals surface area contributed by atoms with E-state index in [-0.39, 0.29) is 19.1 Å². The Morgan fingerprint density at radius 3 is 1.19 bits per heavy atom. The highest BCUT2D eigenvalue weighted by molar-refractivity contribution is 7.47. The molecular formula is C65H122N2O6P+. The molecule has 0 rings (SSSR count). The van der Waals surface area contributed by atoms with E-state index in [0.29, 0.717) is 23.9 Å². The Labute approximate surface area is 459 Å². The molecule has 74 heavy (non-hydrogen) atoms. The van der Waals surface area contributed by atoms with Gasteiger partial charge >= 0.3 is 7.82 Å². The minimum absolute atomic E-state index is 0.0726. The summed E-state index contributed by atoms with van der Waals surface area (Å²) in [7, 11) is 1.62. The quantitative estimate of drug-likeness (QED) is 0.0243. The Balaban J connectivity index is 4.12. The minimum atomic E-state index is -4.33. The largest absolute Gasteiger partial charge is 0.472 e. The lowest BCUT2D eigenvalue weighted by Crippen LogP contribution is -2.46. The third-order valence-electron chi connectivity index (χ3n) is 14.0. The second-order valence-electron chi connectivity index (χ2n) is 22.4. The summed E-state index contributed by atoms with van der Waals surface area (Å²) in [6.45, 7) is 4.80. The Bertz CT molecular complexity index is 1430. The van der Waals surface area contributed by atoms with Crippen molar-refractivity contribution in [3.05, 3.63) is 72.9 Å². The number of phosphoric ester groups is 1. The molecule has 0 saturated heterocycles. The number of allylic oxidation sites excluding steroid dienone is 12. The molecule has 0 aliphatic carbocycles. The van der Waals surface area contributed by atoms with Crippen LogP contribution in [-0.4, -0.2) is 73.4 Å². The summed E-state index contributed by atoms with van der Waals surface area (Å²) >= 11 is 0. The number of unbranched alkanes of at least 4 members (excludes halogenated alkanes) is 32. The number of aliphatic hydroxyl groups is 1. The number of aliphatic hydroxyl groups excluding tert-OH is 1. The molecule has 3 N–H and O–H groups in total. The van der Waals surface area contributed by atoms with E-state index in [1.54, 1.807) is 0 Å². The van der Waals surface area contributed by atoms with E-state index in [0.717, 1.165) is 77.0 Å². The van der Waals surface area contributed by atoms with Gasteiger partial charge in [-0.3, -0.25) is 13.8 Å². The molecule has 0 aromatic carbocycles. The highest BCUT2D eigenvalue weighted by Gasteiger charge is 2.28. The molecule has 0 aromatic heterocycles. The van der Waals surface area contributed by atoms with Crippen LogP contribution in [0.25, 0.3) is 0 Å². The van der Waals surface area contributed by atoms with E-state index in [9.17, 15) is 19.4 Å². The molecular weight excluding hydrogens is 936 g/mol. The first kappa shape index (κ1) is 71.9. The van der Waals surface area contributed by atoms with Gasteiger partial charge in [0.2, 0.25) is 5.91 Å². The molecule has 0 saturated carbocycles. The second-order valence-corrected chi connectivity index (χ2v) is 23.9. The van der Waals surface area contributed by atoms with Gasteiger partial charge in [-0.05, 0) is 64.2 Å². The van der Waals surface area contributed by atoms with Crippen molar-refractivity contribution in [1.82, 2.24) is 5.32 Å². The summed E-state index contributed by atoms with van der Waals surface area (Å²) in [5, 5.41) is 14.1. The smallest absolute Gasteiger partial charge is 0.391 e. The van der Waals surface area contributed by atoms with Crippen LogP contribution in [0.5, 0.6) is 0 Å². The number of nitrogens with zero attached hydrogens (tertiary/aromatic N) is 1. The number of carbonyl (C=O) groups is 1. The van der Waals surface area contributed by atoms with Gasteiger partial charge in [0.15, 0.2) is 0 Å². The van der Waals surface area contributed by atoms with Crippen LogP contribution in [0, 0.1) is 0 Å². The summed E-state index contributed by atoms with van der Waals surface area (Å²) in [4.78, 5) is 23.4. The average Bonchev–Trinajstić information content (AvgIpc) is 3.36. The predicted molar refractivity (Wildman–Crippen MR) is 323 cm³/mol. The molecule has 0 aliphatic rings. The van der Waals surface area contributed by atoms with Gasteiger partial charge in [-0.2, -0.15) is 0 Å². The number of carbonyl (C=O) groups excluding carboxylic acids is 1. The second kappa shape index (κ2) is 55.7. The van der Waals surface area contributed by atoms with E-state index in [1.807, 2.05) is 21.1 Å². The normalized spacial score (nSPS) is 14.3. The van der Waals surface area contributed by atoms with Crippen LogP contribution in [0.15, 0.2) is 72.9 Å². The molecule has 9 heteroatoms. The molecule has 0 bridgehead atoms. The number of nitrogens with one attached hydrogen (secondary N) is 1. The lowest BCUT2D eigenvalue weighted by molar-refractivity contribution is -0.870. The first-order chi connectivity index (χ1) is 36.0. The lowest BCUT2D eigenvalue weighted by atomic mass is 10.0. The molecule has 1 amide bonds. The average molecular weight is 1060 g/mol. The zero-order valence-electron chi connectivity index (χ0n) is 49.3. The summed E-state index contributed by atoms with van der Waals surface area (Å²) in [6, 6.07) is -0.766. The molecule has 0 aromatic rings. The van der Waals surface area contributed by atoms with Crippen LogP contribution in [-0.2, 0) is 18.4 Å². The number of rotatable bonds is 57. The number of quaternary nitrogens is 1. The van der Waals surface area contributed by atoms with Gasteiger partial charge in [0.05, 0.1) is 39.9 Å². The van der Waals surface area contributed by atoms with Crippen molar-refractivity contribution in [2.45, 2.75) is 296 Å². The van der Waals surface area contributed by atoms with Crippen molar-refractivity contribution in [3.63, 3.8) is 0 Å². The Kier molecular flexibility index (Phi) is 54.1. The molecule has 0 heterocycles. The molecule has 0 radical (unpaired) electrons. The molecule has 0 aliphatic heterocycles. The number of amides is 1. The van der Waals surface area contributed by atoms with Crippen molar-refractivity contribution < 1.29 is 32.9 Å². The van der Waals surface area contributed by atoms with E-state index in [4.69, 9.17) is 9.05 Å². The molecule has 0 fully saturated rings. The van der Waals surface area contributed by atoms with E-state index in [2.05, 4.69) is 92.1 Å². The maximum Gasteiger partial charge on any atom is 0.472 e. The zero-order valence-corrected chi connectivity index (χ0v) is 50.2. The third-order valence-corrected chi connectivity index (χ3v) is 15.0. The van der Waals surface area contributed by atoms with Crippen molar-refractivity contribution in [3.8, 4) is 0 Å². The highest BCUT2D eigenvalue weighted by Crippen LogP contribution is 2.43. The molecule has 8 nitrogen and oxygen atoms in total. The predicted octanol–water partition coefficient (Wildman–Crippen LogP) is 19.4. The van der Waals surface area contributed by atoms with Crippen molar-refractivity contribution in [2.24, 2.45) is 0 Å². The van der Waals surface area contributed by atoms with Crippen LogP contribution >= 0.6 is 7.82 Å². The maximum absolute atomic E-state index is 13.0. The molecule has 3 atom stereocenters. The summed E-state index contributed by atoms with van der Waals surface area (Å²) in [6.07, 6.45) is 76.8. The summed E-state index contributed by atoms with van der Waals surface area (Å²) in [5.41, 5.74) is 0. The van der Waals surface area contributed by atoms with Crippen LogP contribution in [0.3, 0.4) is 0 Å². The fourth-order valence-electron chi connectivity index (χ4n) is 9.11. The summed E-state index contributed by atoms with van der Waals surface area (Å²) in [5.74, 6) is -0.146. The van der Waals surface area contributed by atoms with Gasteiger partial charge in [-0.25, -0.2) is 4.57 Å².